The lowest BCUT2D eigenvalue weighted by atomic mass is 9.68. The molecule has 0 bridgehead atoms. The smallest absolute Gasteiger partial charge is 0.0240 e. The SMILES string of the molecule is CCC(Cc1ccccc1)(c1ccccc1)c1ccc(C)cc1. The minimum Gasteiger partial charge on any atom is -0.0642 e. The number of benzene rings is 3. The van der Waals surface area contributed by atoms with E-state index in [4.69, 9.17) is 0 Å². The maximum atomic E-state index is 2.30. The summed E-state index contributed by atoms with van der Waals surface area (Å²) < 4.78 is 0. The number of rotatable bonds is 5. The number of hydrogen-bond donors (Lipinski definition) is 0. The van der Waals surface area contributed by atoms with E-state index in [9.17, 15) is 0 Å². The first-order valence-corrected chi connectivity index (χ1v) is 8.41. The third kappa shape index (κ3) is 3.22. The van der Waals surface area contributed by atoms with Crippen LogP contribution in [0, 0.1) is 6.92 Å². The Balaban J connectivity index is 2.13. The van der Waals surface area contributed by atoms with Gasteiger partial charge in [-0.25, -0.2) is 0 Å². The van der Waals surface area contributed by atoms with Crippen molar-refractivity contribution in [2.75, 3.05) is 0 Å². The van der Waals surface area contributed by atoms with Crippen LogP contribution in [-0.4, -0.2) is 0 Å². The van der Waals surface area contributed by atoms with Crippen molar-refractivity contribution in [3.8, 4) is 0 Å². The molecule has 3 aromatic carbocycles. The Labute approximate surface area is 139 Å². The van der Waals surface area contributed by atoms with Crippen molar-refractivity contribution in [1.29, 1.82) is 0 Å². The molecule has 3 aromatic rings. The lowest BCUT2D eigenvalue weighted by molar-refractivity contribution is 0.492. The minimum absolute atomic E-state index is 0.0241. The van der Waals surface area contributed by atoms with E-state index in [1.807, 2.05) is 0 Å². The average molecular weight is 300 g/mol. The summed E-state index contributed by atoms with van der Waals surface area (Å²) in [4.78, 5) is 0. The largest absolute Gasteiger partial charge is 0.0642 e. The van der Waals surface area contributed by atoms with E-state index < -0.39 is 0 Å². The molecule has 0 saturated heterocycles. The number of aryl methyl sites for hydroxylation is 1. The van der Waals surface area contributed by atoms with Gasteiger partial charge in [0.1, 0.15) is 0 Å². The molecule has 0 nitrogen and oxygen atoms in total. The standard InChI is InChI=1S/C23H24/c1-3-23(21-12-8-5-9-13-21,18-20-10-6-4-7-11-20)22-16-14-19(2)15-17-22/h4-17H,3,18H2,1-2H3. The van der Waals surface area contributed by atoms with E-state index in [2.05, 4.69) is 98.8 Å². The van der Waals surface area contributed by atoms with E-state index in [0.717, 1.165) is 12.8 Å². The predicted molar refractivity (Wildman–Crippen MR) is 98.8 cm³/mol. The summed E-state index contributed by atoms with van der Waals surface area (Å²) in [5.74, 6) is 0. The van der Waals surface area contributed by atoms with Crippen LogP contribution in [0.15, 0.2) is 84.9 Å². The molecule has 0 heterocycles. The Kier molecular flexibility index (Phi) is 4.62. The molecule has 1 atom stereocenters. The van der Waals surface area contributed by atoms with Crippen LogP contribution in [0.4, 0.5) is 0 Å². The van der Waals surface area contributed by atoms with Crippen molar-refractivity contribution >= 4 is 0 Å². The molecular formula is C23H24. The molecule has 0 aliphatic rings. The van der Waals surface area contributed by atoms with Gasteiger partial charge < -0.3 is 0 Å². The average Bonchev–Trinajstić information content (AvgIpc) is 2.62. The highest BCUT2D eigenvalue weighted by atomic mass is 14.3. The molecule has 0 aliphatic carbocycles. The van der Waals surface area contributed by atoms with Gasteiger partial charge in [-0.05, 0) is 36.5 Å². The zero-order valence-electron chi connectivity index (χ0n) is 14.0. The first kappa shape index (κ1) is 15.6. The van der Waals surface area contributed by atoms with Gasteiger partial charge in [-0.15, -0.1) is 0 Å². The molecule has 0 amide bonds. The molecule has 0 N–H and O–H groups in total. The Morgan fingerprint density at radius 3 is 1.74 bits per heavy atom. The van der Waals surface area contributed by atoms with E-state index >= 15 is 0 Å². The molecule has 23 heavy (non-hydrogen) atoms. The highest BCUT2D eigenvalue weighted by Gasteiger charge is 2.32. The lowest BCUT2D eigenvalue weighted by Crippen LogP contribution is -2.29. The normalized spacial score (nSPS) is 13.5. The van der Waals surface area contributed by atoms with Crippen molar-refractivity contribution in [1.82, 2.24) is 0 Å². The van der Waals surface area contributed by atoms with Crippen molar-refractivity contribution in [2.24, 2.45) is 0 Å². The molecule has 116 valence electrons. The topological polar surface area (TPSA) is 0 Å². The Bertz CT molecular complexity index is 726. The van der Waals surface area contributed by atoms with Crippen LogP contribution >= 0.6 is 0 Å². The van der Waals surface area contributed by atoms with Crippen LogP contribution in [0.3, 0.4) is 0 Å². The zero-order valence-corrected chi connectivity index (χ0v) is 14.0. The van der Waals surface area contributed by atoms with Crippen LogP contribution in [-0.2, 0) is 11.8 Å². The third-order valence-corrected chi connectivity index (χ3v) is 4.88. The predicted octanol–water partition coefficient (Wildman–Crippen LogP) is 5.93. The summed E-state index contributed by atoms with van der Waals surface area (Å²) in [6.07, 6.45) is 2.10. The highest BCUT2D eigenvalue weighted by molar-refractivity contribution is 5.42. The van der Waals surface area contributed by atoms with Gasteiger partial charge in [0.05, 0.1) is 0 Å². The van der Waals surface area contributed by atoms with Crippen molar-refractivity contribution in [3.05, 3.63) is 107 Å². The quantitative estimate of drug-likeness (QED) is 0.547. The zero-order chi connectivity index (χ0) is 16.1. The Hall–Kier alpha value is -2.34. The number of hydrogen-bond acceptors (Lipinski definition) is 0. The second-order valence-corrected chi connectivity index (χ2v) is 6.33. The fourth-order valence-electron chi connectivity index (χ4n) is 3.48. The van der Waals surface area contributed by atoms with Gasteiger partial charge in [0.2, 0.25) is 0 Å². The van der Waals surface area contributed by atoms with Gasteiger partial charge in [-0.1, -0.05) is 97.4 Å². The third-order valence-electron chi connectivity index (χ3n) is 4.88. The highest BCUT2D eigenvalue weighted by Crippen LogP contribution is 2.39. The van der Waals surface area contributed by atoms with Gasteiger partial charge in [0.25, 0.3) is 0 Å². The van der Waals surface area contributed by atoms with Gasteiger partial charge >= 0.3 is 0 Å². The second-order valence-electron chi connectivity index (χ2n) is 6.33. The van der Waals surface area contributed by atoms with E-state index in [1.165, 1.54) is 22.3 Å². The fourth-order valence-corrected chi connectivity index (χ4v) is 3.48. The van der Waals surface area contributed by atoms with Gasteiger partial charge in [0, 0.05) is 5.41 Å². The van der Waals surface area contributed by atoms with E-state index in [1.54, 1.807) is 0 Å². The summed E-state index contributed by atoms with van der Waals surface area (Å²) in [5, 5.41) is 0. The molecule has 0 fully saturated rings. The summed E-state index contributed by atoms with van der Waals surface area (Å²) in [6.45, 7) is 4.45. The first-order chi connectivity index (χ1) is 11.2. The molecule has 3 rings (SSSR count). The van der Waals surface area contributed by atoms with Crippen molar-refractivity contribution in [2.45, 2.75) is 32.1 Å². The summed E-state index contributed by atoms with van der Waals surface area (Å²) >= 11 is 0. The van der Waals surface area contributed by atoms with E-state index in [0.29, 0.717) is 0 Å². The summed E-state index contributed by atoms with van der Waals surface area (Å²) in [7, 11) is 0. The summed E-state index contributed by atoms with van der Waals surface area (Å²) in [6, 6.07) is 30.8. The van der Waals surface area contributed by atoms with Crippen LogP contribution in [0.25, 0.3) is 0 Å². The molecule has 0 saturated carbocycles. The van der Waals surface area contributed by atoms with Crippen molar-refractivity contribution in [3.63, 3.8) is 0 Å². The summed E-state index contributed by atoms with van der Waals surface area (Å²) in [5.41, 5.74) is 5.53. The van der Waals surface area contributed by atoms with E-state index in [-0.39, 0.29) is 5.41 Å². The maximum Gasteiger partial charge on any atom is 0.0240 e. The van der Waals surface area contributed by atoms with Crippen molar-refractivity contribution < 1.29 is 0 Å². The van der Waals surface area contributed by atoms with Gasteiger partial charge in [-0.2, -0.15) is 0 Å². The second kappa shape index (κ2) is 6.83. The van der Waals surface area contributed by atoms with Gasteiger partial charge in [-0.3, -0.25) is 0 Å². The van der Waals surface area contributed by atoms with Crippen LogP contribution in [0.2, 0.25) is 0 Å². The molecular weight excluding hydrogens is 276 g/mol. The fraction of sp³-hybridized carbons (Fsp3) is 0.217. The Morgan fingerprint density at radius 2 is 1.17 bits per heavy atom. The molecule has 0 heteroatoms. The van der Waals surface area contributed by atoms with Crippen LogP contribution < -0.4 is 0 Å². The molecule has 0 radical (unpaired) electrons. The first-order valence-electron chi connectivity index (χ1n) is 8.41. The van der Waals surface area contributed by atoms with Gasteiger partial charge in [0.15, 0.2) is 0 Å². The maximum absolute atomic E-state index is 2.30. The molecule has 0 spiro atoms. The lowest BCUT2D eigenvalue weighted by Gasteiger charge is -2.35. The van der Waals surface area contributed by atoms with Crippen LogP contribution in [0.1, 0.15) is 35.6 Å². The monoisotopic (exact) mass is 300 g/mol. The minimum atomic E-state index is 0.0241. The molecule has 0 aliphatic heterocycles. The molecule has 1 unspecified atom stereocenters. The molecule has 0 aromatic heterocycles. The van der Waals surface area contributed by atoms with Crippen LogP contribution in [0.5, 0.6) is 0 Å². The Morgan fingerprint density at radius 1 is 0.652 bits per heavy atom.